The van der Waals surface area contributed by atoms with Crippen LogP contribution in [-0.2, 0) is 9.59 Å². The van der Waals surface area contributed by atoms with Gasteiger partial charge in [0.05, 0.1) is 0 Å². The zero-order valence-electron chi connectivity index (χ0n) is 10.7. The predicted molar refractivity (Wildman–Crippen MR) is 64.8 cm³/mol. The fraction of sp³-hybridized carbons (Fsp3) is 0.833. The van der Waals surface area contributed by atoms with E-state index in [2.05, 4.69) is 18.7 Å². The Balaban J connectivity index is 2.39. The van der Waals surface area contributed by atoms with Crippen LogP contribution in [0.3, 0.4) is 0 Å². The Morgan fingerprint density at radius 1 is 1.24 bits per heavy atom. The van der Waals surface area contributed by atoms with Crippen molar-refractivity contribution in [2.24, 2.45) is 0 Å². The van der Waals surface area contributed by atoms with E-state index in [-0.39, 0.29) is 12.3 Å². The van der Waals surface area contributed by atoms with Gasteiger partial charge >= 0.3 is 5.97 Å². The molecule has 1 rings (SSSR count). The van der Waals surface area contributed by atoms with Crippen LogP contribution >= 0.6 is 0 Å². The van der Waals surface area contributed by atoms with Crippen molar-refractivity contribution in [3.05, 3.63) is 0 Å². The molecular formula is C12H22N2O3. The Morgan fingerprint density at radius 3 is 2.18 bits per heavy atom. The maximum absolute atomic E-state index is 11.6. The summed E-state index contributed by atoms with van der Waals surface area (Å²) in [6.07, 6.45) is 1.52. The molecule has 0 aliphatic carbocycles. The average Bonchev–Trinajstić information content (AvgIpc) is 2.30. The summed E-state index contributed by atoms with van der Waals surface area (Å²) in [6, 6.07) is 0.541. The van der Waals surface area contributed by atoms with E-state index in [1.54, 1.807) is 4.90 Å². The van der Waals surface area contributed by atoms with Crippen molar-refractivity contribution in [3.8, 4) is 0 Å². The molecule has 1 fully saturated rings. The van der Waals surface area contributed by atoms with E-state index in [4.69, 9.17) is 5.11 Å². The average molecular weight is 242 g/mol. The molecule has 0 spiro atoms. The van der Waals surface area contributed by atoms with Gasteiger partial charge in [-0.15, -0.1) is 0 Å². The number of rotatable bonds is 5. The lowest BCUT2D eigenvalue weighted by Gasteiger charge is -2.37. The normalized spacial score (nSPS) is 17.5. The van der Waals surface area contributed by atoms with E-state index < -0.39 is 5.97 Å². The van der Waals surface area contributed by atoms with Crippen molar-refractivity contribution < 1.29 is 14.7 Å². The monoisotopic (exact) mass is 242 g/mol. The highest BCUT2D eigenvalue weighted by atomic mass is 16.4. The molecule has 0 aromatic rings. The van der Waals surface area contributed by atoms with E-state index in [0.29, 0.717) is 19.1 Å². The fourth-order valence-corrected chi connectivity index (χ4v) is 2.46. The Labute approximate surface area is 102 Å². The van der Waals surface area contributed by atoms with Gasteiger partial charge in [-0.2, -0.15) is 0 Å². The third-order valence-electron chi connectivity index (χ3n) is 3.45. The van der Waals surface area contributed by atoms with Crippen LogP contribution in [-0.4, -0.2) is 59.0 Å². The highest BCUT2D eigenvalue weighted by Crippen LogP contribution is 2.16. The van der Waals surface area contributed by atoms with Crippen LogP contribution < -0.4 is 0 Å². The van der Waals surface area contributed by atoms with Crippen molar-refractivity contribution >= 4 is 11.9 Å². The number of amides is 1. The maximum atomic E-state index is 11.6. The molecule has 98 valence electrons. The molecule has 0 unspecified atom stereocenters. The van der Waals surface area contributed by atoms with Gasteiger partial charge < -0.3 is 14.9 Å². The van der Waals surface area contributed by atoms with Crippen LogP contribution in [0.1, 0.15) is 33.1 Å². The number of carbonyl (C=O) groups excluding carboxylic acids is 1. The molecule has 0 saturated carbocycles. The van der Waals surface area contributed by atoms with E-state index in [1.165, 1.54) is 0 Å². The Bertz CT molecular complexity index is 269. The third-order valence-corrected chi connectivity index (χ3v) is 3.45. The smallest absolute Gasteiger partial charge is 0.312 e. The van der Waals surface area contributed by atoms with Crippen molar-refractivity contribution in [1.29, 1.82) is 0 Å². The number of aliphatic carboxylic acids is 1. The third kappa shape index (κ3) is 4.00. The van der Waals surface area contributed by atoms with Crippen molar-refractivity contribution in [3.63, 3.8) is 0 Å². The molecule has 5 nitrogen and oxygen atoms in total. The highest BCUT2D eigenvalue weighted by Gasteiger charge is 2.26. The van der Waals surface area contributed by atoms with Gasteiger partial charge in [-0.3, -0.25) is 9.59 Å². The van der Waals surface area contributed by atoms with E-state index in [1.807, 2.05) is 0 Å². The first-order chi connectivity index (χ1) is 8.08. The molecule has 1 amide bonds. The predicted octanol–water partition coefficient (Wildman–Crippen LogP) is 0.794. The lowest BCUT2D eigenvalue weighted by atomic mass is 10.0. The molecule has 1 N–H and O–H groups in total. The molecule has 5 heteroatoms. The molecule has 0 aromatic carbocycles. The molecule has 1 aliphatic rings. The molecule has 0 atom stereocenters. The first-order valence-corrected chi connectivity index (χ1v) is 6.32. The topological polar surface area (TPSA) is 60.9 Å². The Morgan fingerprint density at radius 2 is 1.76 bits per heavy atom. The lowest BCUT2D eigenvalue weighted by Crippen LogP contribution is -2.47. The van der Waals surface area contributed by atoms with Crippen LogP contribution in [0.25, 0.3) is 0 Å². The first kappa shape index (κ1) is 14.0. The molecule has 17 heavy (non-hydrogen) atoms. The molecule has 0 aromatic heterocycles. The summed E-state index contributed by atoms with van der Waals surface area (Å²) >= 11 is 0. The van der Waals surface area contributed by atoms with Gasteiger partial charge in [0.15, 0.2) is 0 Å². The number of carboxylic acid groups (broad SMARTS) is 1. The van der Waals surface area contributed by atoms with Gasteiger partial charge in [0, 0.05) is 19.1 Å². The number of piperidine rings is 1. The minimum Gasteiger partial charge on any atom is -0.481 e. The quantitative estimate of drug-likeness (QED) is 0.724. The number of nitrogens with zero attached hydrogens (tertiary/aromatic N) is 2. The van der Waals surface area contributed by atoms with Gasteiger partial charge in [0.1, 0.15) is 6.42 Å². The number of carbonyl (C=O) groups is 2. The van der Waals surface area contributed by atoms with Gasteiger partial charge in [-0.05, 0) is 25.9 Å². The van der Waals surface area contributed by atoms with Gasteiger partial charge in [-0.25, -0.2) is 0 Å². The SMILES string of the molecule is CCN(CC)C1CCN(C(=O)CC(=O)O)CC1. The van der Waals surface area contributed by atoms with Crippen LogP contribution in [0.2, 0.25) is 0 Å². The molecule has 0 bridgehead atoms. The van der Waals surface area contributed by atoms with Crippen LogP contribution in [0.5, 0.6) is 0 Å². The van der Waals surface area contributed by atoms with Crippen LogP contribution in [0.15, 0.2) is 0 Å². The Hall–Kier alpha value is -1.10. The van der Waals surface area contributed by atoms with Gasteiger partial charge in [0.2, 0.25) is 5.91 Å². The van der Waals surface area contributed by atoms with Crippen LogP contribution in [0.4, 0.5) is 0 Å². The number of hydrogen-bond acceptors (Lipinski definition) is 3. The summed E-state index contributed by atoms with van der Waals surface area (Å²) in [4.78, 5) is 26.1. The highest BCUT2D eigenvalue weighted by molar-refractivity contribution is 5.93. The lowest BCUT2D eigenvalue weighted by molar-refractivity contribution is -0.144. The second kappa shape index (κ2) is 6.59. The number of likely N-dealkylation sites (tertiary alicyclic amines) is 1. The van der Waals surface area contributed by atoms with Gasteiger partial charge in [0.25, 0.3) is 0 Å². The summed E-state index contributed by atoms with van der Waals surface area (Å²) < 4.78 is 0. The minimum absolute atomic E-state index is 0.254. The fourth-order valence-electron chi connectivity index (χ4n) is 2.46. The summed E-state index contributed by atoms with van der Waals surface area (Å²) in [7, 11) is 0. The zero-order valence-corrected chi connectivity index (χ0v) is 10.7. The second-order valence-corrected chi connectivity index (χ2v) is 4.40. The number of carboxylic acids is 1. The second-order valence-electron chi connectivity index (χ2n) is 4.40. The molecule has 1 heterocycles. The molecular weight excluding hydrogens is 220 g/mol. The van der Waals surface area contributed by atoms with Crippen molar-refractivity contribution in [2.75, 3.05) is 26.2 Å². The molecule has 0 radical (unpaired) electrons. The van der Waals surface area contributed by atoms with E-state index >= 15 is 0 Å². The summed E-state index contributed by atoms with van der Waals surface area (Å²) in [5, 5.41) is 8.58. The summed E-state index contributed by atoms with van der Waals surface area (Å²) in [5.41, 5.74) is 0. The minimum atomic E-state index is -1.04. The summed E-state index contributed by atoms with van der Waals surface area (Å²) in [5.74, 6) is -1.30. The summed E-state index contributed by atoms with van der Waals surface area (Å²) in [6.45, 7) is 7.73. The molecule has 1 saturated heterocycles. The van der Waals surface area contributed by atoms with Gasteiger partial charge in [-0.1, -0.05) is 13.8 Å². The van der Waals surface area contributed by atoms with Crippen molar-refractivity contribution in [2.45, 2.75) is 39.2 Å². The standard InChI is InChI=1S/C12H22N2O3/c1-3-13(4-2)10-5-7-14(8-6-10)11(15)9-12(16)17/h10H,3-9H2,1-2H3,(H,16,17). The van der Waals surface area contributed by atoms with Crippen molar-refractivity contribution in [1.82, 2.24) is 9.80 Å². The number of hydrogen-bond donors (Lipinski definition) is 1. The van der Waals surface area contributed by atoms with Crippen LogP contribution in [0, 0.1) is 0 Å². The zero-order chi connectivity index (χ0) is 12.8. The maximum Gasteiger partial charge on any atom is 0.312 e. The molecule has 1 aliphatic heterocycles. The van der Waals surface area contributed by atoms with E-state index in [0.717, 1.165) is 25.9 Å². The van der Waals surface area contributed by atoms with E-state index in [9.17, 15) is 9.59 Å². The first-order valence-electron chi connectivity index (χ1n) is 6.32. The largest absolute Gasteiger partial charge is 0.481 e. The Kier molecular flexibility index (Phi) is 5.41.